The Hall–Kier alpha value is -2.08. The molecule has 0 aliphatic rings. The van der Waals surface area contributed by atoms with Gasteiger partial charge in [-0.05, 0) is 25.0 Å². The molecule has 6 nitrogen and oxygen atoms in total. The van der Waals surface area contributed by atoms with Crippen LogP contribution in [0.1, 0.15) is 12.8 Å². The van der Waals surface area contributed by atoms with Gasteiger partial charge >= 0.3 is 0 Å². The van der Waals surface area contributed by atoms with Crippen LogP contribution in [0.15, 0.2) is 30.3 Å². The third kappa shape index (κ3) is 5.31. The fraction of sp³-hybridized carbons (Fsp3) is 0.333. The Morgan fingerprint density at radius 2 is 2.00 bits per heavy atom. The summed E-state index contributed by atoms with van der Waals surface area (Å²) in [7, 11) is 0. The summed E-state index contributed by atoms with van der Waals surface area (Å²) in [6.45, 7) is 0.543. The lowest BCUT2D eigenvalue weighted by Gasteiger charge is -2.12. The van der Waals surface area contributed by atoms with Crippen molar-refractivity contribution in [1.82, 2.24) is 5.32 Å². The maximum Gasteiger partial charge on any atom is 0.241 e. The quantitative estimate of drug-likeness (QED) is 0.281. The number of carbonyl (C=O) groups excluding carboxylic acids is 1. The Labute approximate surface area is 106 Å². The standard InChI is InChI=1S/C12H19N5O/c13-10(7-4-8-16-12(14)15)11(18)17-9-5-2-1-3-6-9/h1-3,5-6,10H,4,7-8,13H2,(H,17,18)(H4,14,15,16)/t10-/m0/s1. The number of para-hydroxylation sites is 1. The molecule has 0 saturated heterocycles. The highest BCUT2D eigenvalue weighted by atomic mass is 16.2. The molecule has 1 atom stereocenters. The van der Waals surface area contributed by atoms with E-state index in [9.17, 15) is 4.79 Å². The molecule has 1 rings (SSSR count). The summed E-state index contributed by atoms with van der Waals surface area (Å²) in [6.07, 6.45) is 1.22. The largest absolute Gasteiger partial charge is 0.370 e. The normalized spacial score (nSPS) is 11.6. The van der Waals surface area contributed by atoms with Gasteiger partial charge in [0.25, 0.3) is 0 Å². The summed E-state index contributed by atoms with van der Waals surface area (Å²) < 4.78 is 0. The van der Waals surface area contributed by atoms with Crippen LogP contribution in [0.2, 0.25) is 0 Å². The zero-order valence-electron chi connectivity index (χ0n) is 10.1. The first kappa shape index (κ1) is 14.0. The van der Waals surface area contributed by atoms with E-state index >= 15 is 0 Å². The predicted molar refractivity (Wildman–Crippen MR) is 72.2 cm³/mol. The summed E-state index contributed by atoms with van der Waals surface area (Å²) in [5.41, 5.74) is 11.6. The zero-order valence-corrected chi connectivity index (χ0v) is 10.1. The van der Waals surface area contributed by atoms with Gasteiger partial charge in [0.15, 0.2) is 5.96 Å². The molecule has 0 aliphatic carbocycles. The van der Waals surface area contributed by atoms with Gasteiger partial charge in [-0.25, -0.2) is 0 Å². The van der Waals surface area contributed by atoms with Crippen LogP contribution in [0.5, 0.6) is 0 Å². The van der Waals surface area contributed by atoms with Crippen LogP contribution in [-0.2, 0) is 4.79 Å². The predicted octanol–water partition coefficient (Wildman–Crippen LogP) is 0.216. The van der Waals surface area contributed by atoms with Gasteiger partial charge in [-0.15, -0.1) is 0 Å². The van der Waals surface area contributed by atoms with Crippen molar-refractivity contribution < 1.29 is 4.79 Å². The number of anilines is 1. The lowest BCUT2D eigenvalue weighted by Crippen LogP contribution is -2.37. The fourth-order valence-electron chi connectivity index (χ4n) is 1.43. The summed E-state index contributed by atoms with van der Waals surface area (Å²) in [5, 5.41) is 12.4. The number of hydrogen-bond acceptors (Lipinski definition) is 3. The van der Waals surface area contributed by atoms with Crippen LogP contribution in [0, 0.1) is 5.41 Å². The monoisotopic (exact) mass is 249 g/mol. The number of hydrogen-bond donors (Lipinski definition) is 5. The maximum absolute atomic E-state index is 11.7. The second-order valence-electron chi connectivity index (χ2n) is 3.94. The van der Waals surface area contributed by atoms with Crippen molar-refractivity contribution in [3.05, 3.63) is 30.3 Å². The number of benzene rings is 1. The maximum atomic E-state index is 11.7. The van der Waals surface area contributed by atoms with Gasteiger partial charge in [0, 0.05) is 12.2 Å². The molecular weight excluding hydrogens is 230 g/mol. The third-order valence-electron chi connectivity index (χ3n) is 2.39. The lowest BCUT2D eigenvalue weighted by molar-refractivity contribution is -0.117. The molecule has 0 saturated carbocycles. The van der Waals surface area contributed by atoms with Crippen molar-refractivity contribution in [3.63, 3.8) is 0 Å². The van der Waals surface area contributed by atoms with E-state index < -0.39 is 6.04 Å². The van der Waals surface area contributed by atoms with Crippen molar-refractivity contribution in [2.45, 2.75) is 18.9 Å². The van der Waals surface area contributed by atoms with Crippen molar-refractivity contribution in [3.8, 4) is 0 Å². The molecule has 1 aromatic carbocycles. The van der Waals surface area contributed by atoms with Crippen molar-refractivity contribution in [2.24, 2.45) is 11.5 Å². The number of nitrogens with two attached hydrogens (primary N) is 2. The molecule has 18 heavy (non-hydrogen) atoms. The van der Waals surface area contributed by atoms with E-state index in [0.717, 1.165) is 5.69 Å². The highest BCUT2D eigenvalue weighted by molar-refractivity contribution is 5.94. The van der Waals surface area contributed by atoms with Gasteiger partial charge in [-0.2, -0.15) is 0 Å². The minimum atomic E-state index is -0.557. The highest BCUT2D eigenvalue weighted by Crippen LogP contribution is 2.06. The molecule has 1 amide bonds. The summed E-state index contributed by atoms with van der Waals surface area (Å²) in [4.78, 5) is 11.7. The van der Waals surface area contributed by atoms with Crippen molar-refractivity contribution in [1.29, 1.82) is 5.41 Å². The Morgan fingerprint density at radius 1 is 1.33 bits per heavy atom. The van der Waals surface area contributed by atoms with E-state index in [4.69, 9.17) is 16.9 Å². The van der Waals surface area contributed by atoms with E-state index in [2.05, 4.69) is 10.6 Å². The van der Waals surface area contributed by atoms with E-state index in [1.54, 1.807) is 0 Å². The first-order valence-corrected chi connectivity index (χ1v) is 5.79. The molecular formula is C12H19N5O. The molecule has 0 radical (unpaired) electrons. The van der Waals surface area contributed by atoms with Crippen LogP contribution < -0.4 is 22.1 Å². The minimum absolute atomic E-state index is 0.0719. The van der Waals surface area contributed by atoms with Gasteiger partial charge < -0.3 is 22.1 Å². The molecule has 0 fully saturated rings. The molecule has 1 aromatic rings. The average Bonchev–Trinajstić information content (AvgIpc) is 2.35. The number of rotatable bonds is 6. The second kappa shape index (κ2) is 7.29. The Kier molecular flexibility index (Phi) is 5.66. The number of carbonyl (C=O) groups is 1. The average molecular weight is 249 g/mol. The van der Waals surface area contributed by atoms with Gasteiger partial charge in [0.1, 0.15) is 0 Å². The van der Waals surface area contributed by atoms with E-state index in [1.807, 2.05) is 30.3 Å². The molecule has 0 aromatic heterocycles. The number of nitrogens with one attached hydrogen (secondary N) is 3. The van der Waals surface area contributed by atoms with Crippen LogP contribution in [0.4, 0.5) is 5.69 Å². The molecule has 6 heteroatoms. The number of guanidine groups is 1. The Morgan fingerprint density at radius 3 is 2.61 bits per heavy atom. The zero-order chi connectivity index (χ0) is 13.4. The fourth-order valence-corrected chi connectivity index (χ4v) is 1.43. The van der Waals surface area contributed by atoms with Crippen molar-refractivity contribution >= 4 is 17.6 Å². The smallest absolute Gasteiger partial charge is 0.241 e. The van der Waals surface area contributed by atoms with Crippen LogP contribution >= 0.6 is 0 Å². The Balaban J connectivity index is 2.27. The summed E-state index contributed by atoms with van der Waals surface area (Å²) in [5.74, 6) is -0.277. The molecule has 0 heterocycles. The van der Waals surface area contributed by atoms with Gasteiger partial charge in [-0.3, -0.25) is 10.2 Å². The molecule has 7 N–H and O–H groups in total. The van der Waals surface area contributed by atoms with Crippen LogP contribution in [0.3, 0.4) is 0 Å². The van der Waals surface area contributed by atoms with Crippen molar-refractivity contribution in [2.75, 3.05) is 11.9 Å². The second-order valence-corrected chi connectivity index (χ2v) is 3.94. The van der Waals surface area contributed by atoms with E-state index in [0.29, 0.717) is 19.4 Å². The Bertz CT molecular complexity index is 393. The first-order chi connectivity index (χ1) is 8.59. The SMILES string of the molecule is N=C(N)NCCC[C@H](N)C(=O)Nc1ccccc1. The summed E-state index contributed by atoms with van der Waals surface area (Å²) in [6, 6.07) is 8.63. The topological polar surface area (TPSA) is 117 Å². The summed E-state index contributed by atoms with van der Waals surface area (Å²) >= 11 is 0. The first-order valence-electron chi connectivity index (χ1n) is 5.79. The molecule has 0 spiro atoms. The van der Waals surface area contributed by atoms with Gasteiger partial charge in [-0.1, -0.05) is 18.2 Å². The molecule has 0 bridgehead atoms. The highest BCUT2D eigenvalue weighted by Gasteiger charge is 2.12. The lowest BCUT2D eigenvalue weighted by atomic mass is 10.1. The molecule has 0 aliphatic heterocycles. The van der Waals surface area contributed by atoms with E-state index in [-0.39, 0.29) is 11.9 Å². The van der Waals surface area contributed by atoms with E-state index in [1.165, 1.54) is 0 Å². The number of amides is 1. The third-order valence-corrected chi connectivity index (χ3v) is 2.39. The minimum Gasteiger partial charge on any atom is -0.370 e. The molecule has 0 unspecified atom stereocenters. The van der Waals surface area contributed by atoms with Gasteiger partial charge in [0.05, 0.1) is 6.04 Å². The van der Waals surface area contributed by atoms with Gasteiger partial charge in [0.2, 0.25) is 5.91 Å². The van der Waals surface area contributed by atoms with Crippen LogP contribution in [0.25, 0.3) is 0 Å². The van der Waals surface area contributed by atoms with Crippen LogP contribution in [-0.4, -0.2) is 24.5 Å². The molecule has 98 valence electrons.